The summed E-state index contributed by atoms with van der Waals surface area (Å²) in [5, 5.41) is 3.41. The Hall–Kier alpha value is -2.32. The van der Waals surface area contributed by atoms with Crippen molar-refractivity contribution >= 4 is 32.6 Å². The number of hydrogen-bond acceptors (Lipinski definition) is 7. The van der Waals surface area contributed by atoms with Crippen molar-refractivity contribution in [1.82, 2.24) is 14.8 Å². The van der Waals surface area contributed by atoms with Crippen LogP contribution in [-0.4, -0.2) is 67.6 Å². The molecule has 1 N–H and O–H groups in total. The van der Waals surface area contributed by atoms with Crippen LogP contribution < -0.4 is 14.8 Å². The van der Waals surface area contributed by atoms with E-state index in [-0.39, 0.29) is 5.91 Å². The number of piperazine rings is 1. The van der Waals surface area contributed by atoms with E-state index in [1.807, 2.05) is 18.3 Å². The maximum Gasteiger partial charge on any atom is 0.251 e. The zero-order chi connectivity index (χ0) is 19.9. The summed E-state index contributed by atoms with van der Waals surface area (Å²) in [7, 11) is 3.19. The van der Waals surface area contributed by atoms with Gasteiger partial charge >= 0.3 is 0 Å². The number of unbranched alkanes of at least 4 members (excludes halogenated alkanes) is 1. The summed E-state index contributed by atoms with van der Waals surface area (Å²) in [4.78, 5) is 21.4. The lowest BCUT2D eigenvalue weighted by Gasteiger charge is -2.33. The molecule has 0 spiro atoms. The fourth-order valence-corrected chi connectivity index (χ4v) is 4.03. The molecule has 0 saturated carbocycles. The van der Waals surface area contributed by atoms with E-state index >= 15 is 0 Å². The van der Waals surface area contributed by atoms with Crippen LogP contribution in [0.2, 0.25) is 0 Å². The number of carbonyl (C=O) groups is 1. The van der Waals surface area contributed by atoms with E-state index in [0.717, 1.165) is 36.4 Å². The number of methoxy groups -OCH3 is 2. The second-order valence-corrected chi connectivity index (χ2v) is 7.76. The van der Waals surface area contributed by atoms with E-state index in [9.17, 15) is 4.79 Å². The quantitative estimate of drug-likeness (QED) is 0.682. The monoisotopic (exact) mass is 404 g/mol. The summed E-state index contributed by atoms with van der Waals surface area (Å²) < 4.78 is 11.5. The van der Waals surface area contributed by atoms with E-state index in [4.69, 9.17) is 9.47 Å². The van der Waals surface area contributed by atoms with Crippen LogP contribution >= 0.6 is 11.3 Å². The molecule has 28 heavy (non-hydrogen) atoms. The van der Waals surface area contributed by atoms with Crippen LogP contribution in [-0.2, 0) is 4.79 Å². The van der Waals surface area contributed by atoms with Crippen LogP contribution in [0.25, 0.3) is 10.2 Å². The Labute approximate surface area is 169 Å². The summed E-state index contributed by atoms with van der Waals surface area (Å²) in [5.74, 6) is 1.09. The molecule has 0 bridgehead atoms. The Morgan fingerprint density at radius 3 is 2.61 bits per heavy atom. The molecule has 8 heteroatoms. The van der Waals surface area contributed by atoms with E-state index < -0.39 is 0 Å². The third-order valence-corrected chi connectivity index (χ3v) is 5.73. The first-order valence-electron chi connectivity index (χ1n) is 9.61. The highest BCUT2D eigenvalue weighted by molar-refractivity contribution is 7.22. The molecule has 0 radical (unpaired) electrons. The molecule has 0 aliphatic carbocycles. The van der Waals surface area contributed by atoms with Gasteiger partial charge in [-0.05, 0) is 13.0 Å². The number of anilines is 1. The molecule has 1 saturated heterocycles. The number of nitrogens with zero attached hydrogens (tertiary/aromatic N) is 3. The molecular weight excluding hydrogens is 376 g/mol. The van der Waals surface area contributed by atoms with Gasteiger partial charge in [-0.25, -0.2) is 4.98 Å². The zero-order valence-electron chi connectivity index (χ0n) is 16.7. The fraction of sp³-hybridized carbons (Fsp3) is 0.500. The normalized spacial score (nSPS) is 15.3. The number of rotatable bonds is 8. The number of carbonyl (C=O) groups excluding carboxylic acids is 1. The van der Waals surface area contributed by atoms with Crippen LogP contribution in [0.4, 0.5) is 5.13 Å². The molecule has 0 unspecified atom stereocenters. The van der Waals surface area contributed by atoms with Crippen molar-refractivity contribution in [2.75, 3.05) is 52.3 Å². The third-order valence-electron chi connectivity index (χ3n) is 4.80. The summed E-state index contributed by atoms with van der Waals surface area (Å²) in [5.41, 5.74) is 0.769. The molecule has 2 heterocycles. The molecule has 1 aliphatic rings. The van der Waals surface area contributed by atoms with Crippen molar-refractivity contribution in [1.29, 1.82) is 0 Å². The van der Waals surface area contributed by atoms with E-state index in [1.165, 1.54) is 30.7 Å². The van der Waals surface area contributed by atoms with Crippen molar-refractivity contribution in [3.05, 3.63) is 24.4 Å². The van der Waals surface area contributed by atoms with Crippen LogP contribution in [0.1, 0.15) is 19.8 Å². The van der Waals surface area contributed by atoms with Crippen LogP contribution in [0.5, 0.6) is 11.5 Å². The van der Waals surface area contributed by atoms with E-state index in [0.29, 0.717) is 16.6 Å². The van der Waals surface area contributed by atoms with Gasteiger partial charge in [0.2, 0.25) is 0 Å². The molecule has 1 amide bonds. The van der Waals surface area contributed by atoms with Gasteiger partial charge in [-0.15, -0.1) is 0 Å². The molecular formula is C20H28N4O3S. The van der Waals surface area contributed by atoms with Crippen LogP contribution in [0, 0.1) is 0 Å². The minimum Gasteiger partial charge on any atom is -0.493 e. The first-order valence-corrected chi connectivity index (χ1v) is 10.4. The number of hydrogen-bond donors (Lipinski definition) is 1. The van der Waals surface area contributed by atoms with E-state index in [1.54, 1.807) is 20.3 Å². The minimum atomic E-state index is -0.175. The zero-order valence-corrected chi connectivity index (χ0v) is 17.6. The van der Waals surface area contributed by atoms with Gasteiger partial charge in [-0.1, -0.05) is 24.7 Å². The topological polar surface area (TPSA) is 66.9 Å². The van der Waals surface area contributed by atoms with Crippen molar-refractivity contribution in [3.63, 3.8) is 0 Å². The Morgan fingerprint density at radius 1 is 1.21 bits per heavy atom. The minimum absolute atomic E-state index is 0.175. The molecule has 1 aromatic carbocycles. The Bertz CT molecular complexity index is 787. The molecule has 7 nitrogen and oxygen atoms in total. The lowest BCUT2D eigenvalue weighted by atomic mass is 10.2. The number of ether oxygens (including phenoxy) is 2. The first-order chi connectivity index (χ1) is 13.6. The summed E-state index contributed by atoms with van der Waals surface area (Å²) in [6.45, 7) is 7.39. The highest BCUT2D eigenvalue weighted by Gasteiger charge is 2.14. The van der Waals surface area contributed by atoms with Crippen molar-refractivity contribution in [3.8, 4) is 11.5 Å². The third kappa shape index (κ3) is 5.14. The molecule has 2 aromatic rings. The van der Waals surface area contributed by atoms with Crippen molar-refractivity contribution in [2.45, 2.75) is 19.8 Å². The number of benzene rings is 1. The van der Waals surface area contributed by atoms with Crippen molar-refractivity contribution in [2.24, 2.45) is 0 Å². The van der Waals surface area contributed by atoms with Gasteiger partial charge in [0.05, 0.1) is 24.4 Å². The number of aromatic nitrogens is 1. The van der Waals surface area contributed by atoms with Crippen LogP contribution in [0.15, 0.2) is 24.4 Å². The Balaban J connectivity index is 1.55. The number of fused-ring (bicyclic) bond motifs is 1. The number of nitrogens with one attached hydrogen (secondary N) is 1. The predicted molar refractivity (Wildman–Crippen MR) is 113 cm³/mol. The predicted octanol–water partition coefficient (Wildman–Crippen LogP) is 3.18. The highest BCUT2D eigenvalue weighted by Crippen LogP contribution is 2.36. The molecule has 1 fully saturated rings. The fourth-order valence-electron chi connectivity index (χ4n) is 3.15. The van der Waals surface area contributed by atoms with Gasteiger partial charge < -0.3 is 14.4 Å². The standard InChI is InChI=1S/C20H28N4O3S/c1-4-5-7-23-9-11-24(12-10-23)8-6-19(25)22-20-21-15-13-16(26-2)17(27-3)14-18(15)28-20/h6,8,13-14H,4-5,7,9-12H2,1-3H3,(H,21,22,25). The molecule has 152 valence electrons. The number of thiazole rings is 1. The van der Waals surface area contributed by atoms with Crippen LogP contribution in [0.3, 0.4) is 0 Å². The van der Waals surface area contributed by atoms with Gasteiger partial charge in [0, 0.05) is 50.6 Å². The Kier molecular flexibility index (Phi) is 7.11. The van der Waals surface area contributed by atoms with Gasteiger partial charge in [0.15, 0.2) is 16.6 Å². The van der Waals surface area contributed by atoms with Gasteiger partial charge in [-0.2, -0.15) is 0 Å². The van der Waals surface area contributed by atoms with Gasteiger partial charge in [0.1, 0.15) is 0 Å². The molecule has 1 aliphatic heterocycles. The van der Waals surface area contributed by atoms with Gasteiger partial charge in [-0.3, -0.25) is 15.0 Å². The van der Waals surface area contributed by atoms with Gasteiger partial charge in [0.25, 0.3) is 5.91 Å². The molecule has 1 aromatic heterocycles. The summed E-state index contributed by atoms with van der Waals surface area (Å²) in [6.07, 6.45) is 5.94. The van der Waals surface area contributed by atoms with Crippen molar-refractivity contribution < 1.29 is 14.3 Å². The number of amides is 1. The molecule has 3 rings (SSSR count). The lowest BCUT2D eigenvalue weighted by Crippen LogP contribution is -2.44. The SMILES string of the molecule is CCCCN1CCN(C=CC(=O)Nc2nc3cc(OC)c(OC)cc3s2)CC1. The average Bonchev–Trinajstić information content (AvgIpc) is 3.11. The summed E-state index contributed by atoms with van der Waals surface area (Å²) >= 11 is 1.41. The lowest BCUT2D eigenvalue weighted by molar-refractivity contribution is -0.112. The smallest absolute Gasteiger partial charge is 0.251 e. The summed E-state index contributed by atoms with van der Waals surface area (Å²) in [6, 6.07) is 3.68. The maximum absolute atomic E-state index is 12.3. The average molecular weight is 405 g/mol. The maximum atomic E-state index is 12.3. The van der Waals surface area contributed by atoms with E-state index in [2.05, 4.69) is 27.0 Å². The largest absolute Gasteiger partial charge is 0.493 e. The molecule has 0 atom stereocenters. The Morgan fingerprint density at radius 2 is 1.93 bits per heavy atom. The second-order valence-electron chi connectivity index (χ2n) is 6.73. The first kappa shape index (κ1) is 20.4. The second kappa shape index (κ2) is 9.75. The highest BCUT2D eigenvalue weighted by atomic mass is 32.1.